The van der Waals surface area contributed by atoms with Crippen molar-refractivity contribution in [1.29, 1.82) is 0 Å². The molecule has 4 aromatic rings. The molecule has 33 heavy (non-hydrogen) atoms. The number of amides is 1. The van der Waals surface area contributed by atoms with Gasteiger partial charge < -0.3 is 10.1 Å². The van der Waals surface area contributed by atoms with Crippen LogP contribution in [0.5, 0.6) is 0 Å². The monoisotopic (exact) mass is 479 g/mol. The second-order valence-corrected chi connectivity index (χ2v) is 10.4. The number of nitrogens with zero attached hydrogens (tertiary/aromatic N) is 2. The minimum absolute atomic E-state index is 0.0000356. The SMILES string of the molecule is Cc1ccc(NC(=O)CSc2nc3c(sc4ccccc43)c(=O)n2CC2CCCO2)cc1C. The highest BCUT2D eigenvalue weighted by atomic mass is 32.2. The lowest BCUT2D eigenvalue weighted by atomic mass is 10.1. The number of thiophene rings is 1. The fourth-order valence-corrected chi connectivity index (χ4v) is 5.96. The van der Waals surface area contributed by atoms with E-state index in [1.807, 2.05) is 56.3 Å². The topological polar surface area (TPSA) is 73.2 Å². The van der Waals surface area contributed by atoms with Crippen molar-refractivity contribution in [3.05, 3.63) is 63.9 Å². The van der Waals surface area contributed by atoms with Crippen molar-refractivity contribution in [3.63, 3.8) is 0 Å². The maximum absolute atomic E-state index is 13.5. The van der Waals surface area contributed by atoms with Crippen LogP contribution in [0.4, 0.5) is 5.69 Å². The Morgan fingerprint density at radius 2 is 2.09 bits per heavy atom. The zero-order valence-electron chi connectivity index (χ0n) is 18.6. The van der Waals surface area contributed by atoms with Gasteiger partial charge >= 0.3 is 0 Å². The average Bonchev–Trinajstić information content (AvgIpc) is 3.45. The van der Waals surface area contributed by atoms with E-state index in [2.05, 4.69) is 5.32 Å². The lowest BCUT2D eigenvalue weighted by Crippen LogP contribution is -2.28. The number of hydrogen-bond donors (Lipinski definition) is 1. The van der Waals surface area contributed by atoms with E-state index in [1.165, 1.54) is 28.7 Å². The van der Waals surface area contributed by atoms with E-state index in [4.69, 9.17) is 9.72 Å². The number of ether oxygens (including phenoxy) is 1. The van der Waals surface area contributed by atoms with E-state index in [9.17, 15) is 9.59 Å². The Hall–Kier alpha value is -2.68. The van der Waals surface area contributed by atoms with Gasteiger partial charge in [-0.1, -0.05) is 36.0 Å². The second-order valence-electron chi connectivity index (χ2n) is 8.36. The van der Waals surface area contributed by atoms with Crippen LogP contribution in [0.25, 0.3) is 20.3 Å². The number of rotatable bonds is 6. The van der Waals surface area contributed by atoms with Crippen LogP contribution in [0.2, 0.25) is 0 Å². The van der Waals surface area contributed by atoms with Crippen molar-refractivity contribution in [1.82, 2.24) is 9.55 Å². The molecule has 1 amide bonds. The van der Waals surface area contributed by atoms with Crippen LogP contribution >= 0.6 is 23.1 Å². The number of anilines is 1. The van der Waals surface area contributed by atoms with Gasteiger partial charge in [-0.05, 0) is 56.0 Å². The van der Waals surface area contributed by atoms with Crippen molar-refractivity contribution >= 4 is 55.0 Å². The molecular formula is C25H25N3O3S2. The number of hydrogen-bond acceptors (Lipinski definition) is 6. The molecule has 1 unspecified atom stereocenters. The normalized spacial score (nSPS) is 16.0. The van der Waals surface area contributed by atoms with Gasteiger partial charge in [-0.3, -0.25) is 14.2 Å². The maximum atomic E-state index is 13.5. The molecule has 3 heterocycles. The minimum Gasteiger partial charge on any atom is -0.376 e. The summed E-state index contributed by atoms with van der Waals surface area (Å²) in [7, 11) is 0. The Morgan fingerprint density at radius 3 is 2.88 bits per heavy atom. The van der Waals surface area contributed by atoms with Gasteiger partial charge in [0.05, 0.1) is 23.9 Å². The van der Waals surface area contributed by atoms with Crippen molar-refractivity contribution in [3.8, 4) is 0 Å². The number of carbonyl (C=O) groups excluding carboxylic acids is 1. The molecule has 170 valence electrons. The largest absolute Gasteiger partial charge is 0.376 e. The molecule has 0 aliphatic carbocycles. The first-order valence-electron chi connectivity index (χ1n) is 11.0. The number of fused-ring (bicyclic) bond motifs is 3. The third-order valence-electron chi connectivity index (χ3n) is 5.98. The third-order valence-corrected chi connectivity index (χ3v) is 8.10. The first-order valence-corrected chi connectivity index (χ1v) is 12.8. The number of nitrogens with one attached hydrogen (secondary N) is 1. The molecule has 1 saturated heterocycles. The molecule has 1 aliphatic heterocycles. The Kier molecular flexibility index (Phi) is 6.23. The molecule has 2 aromatic heterocycles. The quantitative estimate of drug-likeness (QED) is 0.306. The number of thioether (sulfide) groups is 1. The predicted molar refractivity (Wildman–Crippen MR) is 136 cm³/mol. The van der Waals surface area contributed by atoms with Gasteiger partial charge in [0.15, 0.2) is 5.16 Å². The molecule has 1 fully saturated rings. The summed E-state index contributed by atoms with van der Waals surface area (Å²) < 4.78 is 9.18. The van der Waals surface area contributed by atoms with Crippen molar-refractivity contribution in [2.24, 2.45) is 0 Å². The van der Waals surface area contributed by atoms with Crippen LogP contribution in [-0.4, -0.2) is 33.9 Å². The molecule has 5 rings (SSSR count). The van der Waals surface area contributed by atoms with Crippen molar-refractivity contribution < 1.29 is 9.53 Å². The summed E-state index contributed by atoms with van der Waals surface area (Å²) in [4.78, 5) is 31.0. The van der Waals surface area contributed by atoms with Gasteiger partial charge in [0.1, 0.15) is 4.70 Å². The lowest BCUT2D eigenvalue weighted by Gasteiger charge is -2.15. The van der Waals surface area contributed by atoms with Crippen LogP contribution in [0.15, 0.2) is 52.4 Å². The van der Waals surface area contributed by atoms with Crippen LogP contribution in [0.3, 0.4) is 0 Å². The molecule has 6 nitrogen and oxygen atoms in total. The van der Waals surface area contributed by atoms with Gasteiger partial charge in [0, 0.05) is 22.4 Å². The first-order chi connectivity index (χ1) is 16.0. The van der Waals surface area contributed by atoms with Gasteiger partial charge in [0.2, 0.25) is 5.91 Å². The Bertz CT molecular complexity index is 1400. The molecule has 0 spiro atoms. The maximum Gasteiger partial charge on any atom is 0.272 e. The molecule has 0 radical (unpaired) electrons. The fraction of sp³-hybridized carbons (Fsp3) is 0.320. The van der Waals surface area contributed by atoms with Gasteiger partial charge in [-0.15, -0.1) is 11.3 Å². The lowest BCUT2D eigenvalue weighted by molar-refractivity contribution is -0.113. The summed E-state index contributed by atoms with van der Waals surface area (Å²) in [5, 5.41) is 4.48. The van der Waals surface area contributed by atoms with E-state index >= 15 is 0 Å². The number of carbonyl (C=O) groups is 1. The zero-order chi connectivity index (χ0) is 22.9. The van der Waals surface area contributed by atoms with E-state index in [0.29, 0.717) is 21.9 Å². The first kappa shape index (κ1) is 22.1. The zero-order valence-corrected chi connectivity index (χ0v) is 20.2. The molecule has 0 saturated carbocycles. The van der Waals surface area contributed by atoms with Crippen LogP contribution < -0.4 is 10.9 Å². The van der Waals surface area contributed by atoms with Crippen LogP contribution in [0.1, 0.15) is 24.0 Å². The summed E-state index contributed by atoms with van der Waals surface area (Å²) in [6, 6.07) is 13.8. The molecule has 1 aliphatic rings. The second kappa shape index (κ2) is 9.29. The van der Waals surface area contributed by atoms with E-state index in [1.54, 1.807) is 4.57 Å². The summed E-state index contributed by atoms with van der Waals surface area (Å²) in [5.74, 6) is 0.0368. The Labute approximate surface area is 200 Å². The molecule has 0 bridgehead atoms. The molecule has 1 atom stereocenters. The van der Waals surface area contributed by atoms with E-state index < -0.39 is 0 Å². The number of aryl methyl sites for hydroxylation is 2. The fourth-order valence-electron chi connectivity index (χ4n) is 4.06. The molecule has 1 N–H and O–H groups in total. The van der Waals surface area contributed by atoms with Gasteiger partial charge in [0.25, 0.3) is 5.56 Å². The number of benzene rings is 2. The summed E-state index contributed by atoms with van der Waals surface area (Å²) >= 11 is 2.77. The van der Waals surface area contributed by atoms with E-state index in [-0.39, 0.29) is 23.3 Å². The highest BCUT2D eigenvalue weighted by Crippen LogP contribution is 2.32. The number of aromatic nitrogens is 2. The smallest absolute Gasteiger partial charge is 0.272 e. The summed E-state index contributed by atoms with van der Waals surface area (Å²) in [5.41, 5.74) is 3.73. The third kappa shape index (κ3) is 4.55. The minimum atomic E-state index is -0.128. The molecular weight excluding hydrogens is 454 g/mol. The summed E-state index contributed by atoms with van der Waals surface area (Å²) in [6.45, 7) is 5.24. The van der Waals surface area contributed by atoms with E-state index in [0.717, 1.165) is 40.8 Å². The van der Waals surface area contributed by atoms with Crippen LogP contribution in [0, 0.1) is 13.8 Å². The molecule has 8 heteroatoms. The van der Waals surface area contributed by atoms with Gasteiger partial charge in [-0.2, -0.15) is 0 Å². The Morgan fingerprint density at radius 1 is 1.24 bits per heavy atom. The highest BCUT2D eigenvalue weighted by molar-refractivity contribution is 7.99. The van der Waals surface area contributed by atoms with Crippen molar-refractivity contribution in [2.75, 3.05) is 17.7 Å². The van der Waals surface area contributed by atoms with Crippen LogP contribution in [-0.2, 0) is 16.1 Å². The standard InChI is InChI=1S/C25H25N3O3S2/c1-15-9-10-17(12-16(15)2)26-21(29)14-32-25-27-22-19-7-3-4-8-20(19)33-23(22)24(30)28(25)13-18-6-5-11-31-18/h3-4,7-10,12,18H,5-6,11,13-14H2,1-2H3,(H,26,29). The molecule has 2 aromatic carbocycles. The van der Waals surface area contributed by atoms with Crippen molar-refractivity contribution in [2.45, 2.75) is 44.5 Å². The predicted octanol–water partition coefficient (Wildman–Crippen LogP) is 5.14. The summed E-state index contributed by atoms with van der Waals surface area (Å²) in [6.07, 6.45) is 1.92. The Balaban J connectivity index is 1.45. The average molecular weight is 480 g/mol. The highest BCUT2D eigenvalue weighted by Gasteiger charge is 2.22. The van der Waals surface area contributed by atoms with Gasteiger partial charge in [-0.25, -0.2) is 4.98 Å².